The molecule has 0 aliphatic rings. The summed E-state index contributed by atoms with van der Waals surface area (Å²) in [5, 5.41) is 8.23. The van der Waals surface area contributed by atoms with E-state index in [1.165, 1.54) is 5.56 Å². The quantitative estimate of drug-likeness (QED) is 0.138. The summed E-state index contributed by atoms with van der Waals surface area (Å²) in [5.41, 5.74) is 2.61. The van der Waals surface area contributed by atoms with Crippen LogP contribution in [0, 0.1) is 13.8 Å². The molecule has 10 nitrogen and oxygen atoms in total. The molecule has 3 rings (SSSR count). The smallest absolute Gasteiger partial charge is 0.444 e. The second kappa shape index (κ2) is 16.3. The van der Waals surface area contributed by atoms with Gasteiger partial charge in [0.1, 0.15) is 29.2 Å². The van der Waals surface area contributed by atoms with Gasteiger partial charge in [-0.3, -0.25) is 9.59 Å². The van der Waals surface area contributed by atoms with Gasteiger partial charge >= 0.3 is 12.2 Å². The monoisotopic (exact) mass is 617 g/mol. The van der Waals surface area contributed by atoms with Gasteiger partial charge in [0.25, 0.3) is 0 Å². The Bertz CT molecular complexity index is 1430. The fourth-order valence-corrected chi connectivity index (χ4v) is 4.58. The maximum atomic E-state index is 13.4. The molecule has 0 heterocycles. The van der Waals surface area contributed by atoms with Gasteiger partial charge in [0.2, 0.25) is 11.8 Å². The lowest BCUT2D eigenvalue weighted by Gasteiger charge is -2.25. The predicted octanol–water partition coefficient (Wildman–Crippen LogP) is 5.57. The van der Waals surface area contributed by atoms with Crippen molar-refractivity contribution in [2.75, 3.05) is 6.54 Å². The number of ether oxygens (including phenoxy) is 3. The lowest BCUT2D eigenvalue weighted by molar-refractivity contribution is -0.129. The highest BCUT2D eigenvalue weighted by Gasteiger charge is 2.28. The number of rotatable bonds is 12. The topological polar surface area (TPSA) is 132 Å². The van der Waals surface area contributed by atoms with Gasteiger partial charge in [0.15, 0.2) is 0 Å². The number of aryl methyl sites for hydroxylation is 3. The summed E-state index contributed by atoms with van der Waals surface area (Å²) >= 11 is 0. The molecule has 3 aromatic rings. The zero-order valence-corrected chi connectivity index (χ0v) is 26.8. The normalized spacial score (nSPS) is 12.3. The van der Waals surface area contributed by atoms with E-state index in [1.807, 2.05) is 44.2 Å². The van der Waals surface area contributed by atoms with Gasteiger partial charge < -0.3 is 30.2 Å². The van der Waals surface area contributed by atoms with Crippen molar-refractivity contribution >= 4 is 24.1 Å². The van der Waals surface area contributed by atoms with Crippen LogP contribution in [0.1, 0.15) is 56.4 Å². The second-order valence-electron chi connectivity index (χ2n) is 11.8. The van der Waals surface area contributed by atoms with Crippen LogP contribution in [-0.2, 0) is 27.2 Å². The first kappa shape index (κ1) is 34.6. The van der Waals surface area contributed by atoms with Crippen LogP contribution in [0.5, 0.6) is 11.5 Å². The first-order chi connectivity index (χ1) is 21.3. The number of carbonyl (C=O) groups is 4. The molecule has 0 spiro atoms. The maximum Gasteiger partial charge on any atom is 0.519 e. The zero-order valence-electron chi connectivity index (χ0n) is 26.8. The number of hydrogen-bond acceptors (Lipinski definition) is 7. The van der Waals surface area contributed by atoms with E-state index in [-0.39, 0.29) is 18.1 Å². The molecule has 2 atom stereocenters. The highest BCUT2D eigenvalue weighted by Crippen LogP contribution is 2.24. The molecule has 45 heavy (non-hydrogen) atoms. The van der Waals surface area contributed by atoms with Crippen LogP contribution in [-0.4, -0.2) is 48.3 Å². The largest absolute Gasteiger partial charge is 0.519 e. The summed E-state index contributed by atoms with van der Waals surface area (Å²) in [7, 11) is 0. The van der Waals surface area contributed by atoms with Crippen molar-refractivity contribution in [3.05, 3.63) is 95.1 Å². The first-order valence-corrected chi connectivity index (χ1v) is 15.0. The van der Waals surface area contributed by atoms with E-state index in [2.05, 4.69) is 16.0 Å². The van der Waals surface area contributed by atoms with Gasteiger partial charge in [-0.15, -0.1) is 0 Å². The number of amides is 3. The summed E-state index contributed by atoms with van der Waals surface area (Å²) in [6.07, 6.45) is 0.0220. The fraction of sp³-hybridized carbons (Fsp3) is 0.371. The minimum atomic E-state index is -1.06. The van der Waals surface area contributed by atoms with Gasteiger partial charge in [-0.05, 0) is 101 Å². The number of carbonyl (C=O) groups excluding carboxylic acids is 4. The summed E-state index contributed by atoms with van der Waals surface area (Å²) in [5.74, 6) is -0.250. The van der Waals surface area contributed by atoms with E-state index >= 15 is 0 Å². The Hall–Kier alpha value is -4.86. The molecule has 0 aliphatic carbocycles. The third-order valence-electron chi connectivity index (χ3n) is 6.77. The summed E-state index contributed by atoms with van der Waals surface area (Å²) in [4.78, 5) is 51.2. The third-order valence-corrected chi connectivity index (χ3v) is 6.77. The van der Waals surface area contributed by atoms with Gasteiger partial charge in [-0.25, -0.2) is 9.59 Å². The van der Waals surface area contributed by atoms with Crippen LogP contribution >= 0.6 is 0 Å². The van der Waals surface area contributed by atoms with Crippen molar-refractivity contribution in [2.45, 2.75) is 78.5 Å². The highest BCUT2D eigenvalue weighted by molar-refractivity contribution is 5.91. The van der Waals surface area contributed by atoms with Crippen molar-refractivity contribution in [3.8, 4) is 11.5 Å². The van der Waals surface area contributed by atoms with Crippen LogP contribution in [0.15, 0.2) is 72.8 Å². The minimum Gasteiger partial charge on any atom is -0.444 e. The van der Waals surface area contributed by atoms with Gasteiger partial charge in [0.05, 0.1) is 0 Å². The van der Waals surface area contributed by atoms with Gasteiger partial charge in [-0.1, -0.05) is 48.5 Å². The standard InChI is InChI=1S/C35H43N3O7/c1-23-20-28(44-34(42)43-27-17-11-8-12-18-27)21-24(2)29(23)22-30(38-33(41)45-35(4,5)6)32(40)37-25(3)31(39)36-19-13-16-26-14-9-7-10-15-26/h7-12,14-15,17-18,20-21,25,30H,13,16,19,22H2,1-6H3,(H,36,39)(H,37,40)(H,38,41)/t25-,30+/m1/s1. The molecule has 0 saturated heterocycles. The lowest BCUT2D eigenvalue weighted by atomic mass is 9.95. The van der Waals surface area contributed by atoms with E-state index in [0.29, 0.717) is 12.3 Å². The number of benzene rings is 3. The van der Waals surface area contributed by atoms with Crippen molar-refractivity contribution in [1.29, 1.82) is 0 Å². The van der Waals surface area contributed by atoms with E-state index in [0.717, 1.165) is 29.5 Å². The Kier molecular flexibility index (Phi) is 12.5. The van der Waals surface area contributed by atoms with Crippen LogP contribution in [0.4, 0.5) is 9.59 Å². The Morgan fingerprint density at radius 3 is 1.96 bits per heavy atom. The maximum absolute atomic E-state index is 13.4. The van der Waals surface area contributed by atoms with Crippen LogP contribution in [0.2, 0.25) is 0 Å². The second-order valence-corrected chi connectivity index (χ2v) is 11.8. The lowest BCUT2D eigenvalue weighted by Crippen LogP contribution is -2.54. The van der Waals surface area contributed by atoms with E-state index in [1.54, 1.807) is 70.2 Å². The summed E-state index contributed by atoms with van der Waals surface area (Å²) in [6, 6.07) is 19.9. The van der Waals surface area contributed by atoms with Crippen LogP contribution in [0.25, 0.3) is 0 Å². The van der Waals surface area contributed by atoms with Crippen molar-refractivity contribution in [1.82, 2.24) is 16.0 Å². The van der Waals surface area contributed by atoms with Gasteiger partial charge in [-0.2, -0.15) is 0 Å². The Morgan fingerprint density at radius 1 is 0.778 bits per heavy atom. The van der Waals surface area contributed by atoms with Crippen molar-refractivity contribution < 1.29 is 33.4 Å². The molecule has 0 bridgehead atoms. The molecule has 0 unspecified atom stereocenters. The third kappa shape index (κ3) is 12.0. The predicted molar refractivity (Wildman–Crippen MR) is 171 cm³/mol. The average Bonchev–Trinajstić information content (AvgIpc) is 2.96. The minimum absolute atomic E-state index is 0.100. The fourth-order valence-electron chi connectivity index (χ4n) is 4.58. The van der Waals surface area contributed by atoms with E-state index < -0.39 is 35.8 Å². The van der Waals surface area contributed by atoms with E-state index in [9.17, 15) is 19.2 Å². The molecule has 0 saturated carbocycles. The number of para-hydroxylation sites is 1. The molecule has 3 N–H and O–H groups in total. The van der Waals surface area contributed by atoms with Crippen LogP contribution < -0.4 is 25.4 Å². The number of alkyl carbamates (subject to hydrolysis) is 1. The Balaban J connectivity index is 1.66. The van der Waals surface area contributed by atoms with E-state index in [4.69, 9.17) is 14.2 Å². The molecule has 0 aromatic heterocycles. The first-order valence-electron chi connectivity index (χ1n) is 15.0. The van der Waals surface area contributed by atoms with Crippen LogP contribution in [0.3, 0.4) is 0 Å². The summed E-state index contributed by atoms with van der Waals surface area (Å²) < 4.78 is 16.0. The Labute approximate surface area is 264 Å². The van der Waals surface area contributed by atoms with Crippen molar-refractivity contribution in [2.24, 2.45) is 0 Å². The molecule has 3 amide bonds. The molecule has 240 valence electrons. The number of hydrogen-bond donors (Lipinski definition) is 3. The summed E-state index contributed by atoms with van der Waals surface area (Å²) in [6.45, 7) is 10.8. The highest BCUT2D eigenvalue weighted by atomic mass is 16.7. The molecular formula is C35H43N3O7. The zero-order chi connectivity index (χ0) is 33.0. The van der Waals surface area contributed by atoms with Gasteiger partial charge in [0, 0.05) is 13.0 Å². The molecule has 0 fully saturated rings. The molecule has 0 aliphatic heterocycles. The molecular weight excluding hydrogens is 574 g/mol. The number of nitrogens with one attached hydrogen (secondary N) is 3. The molecule has 10 heteroatoms. The molecule has 3 aromatic carbocycles. The molecule has 0 radical (unpaired) electrons. The average molecular weight is 618 g/mol. The Morgan fingerprint density at radius 2 is 1.36 bits per heavy atom. The SMILES string of the molecule is Cc1cc(OC(=O)Oc2ccccc2)cc(C)c1C[C@H](NC(=O)OC(C)(C)C)C(=O)N[C@H](C)C(=O)NCCCc1ccccc1. The van der Waals surface area contributed by atoms with Crippen molar-refractivity contribution in [3.63, 3.8) is 0 Å².